The zero-order valence-electron chi connectivity index (χ0n) is 23.5. The highest BCUT2D eigenvalue weighted by atomic mass is 79.9. The molecule has 1 aliphatic heterocycles. The van der Waals surface area contributed by atoms with Crippen molar-refractivity contribution in [3.63, 3.8) is 0 Å². The summed E-state index contributed by atoms with van der Waals surface area (Å²) >= 11 is 3.27. The van der Waals surface area contributed by atoms with E-state index in [1.807, 2.05) is 13.8 Å². The fraction of sp³-hybridized carbons (Fsp3) is 0.621. The van der Waals surface area contributed by atoms with E-state index in [2.05, 4.69) is 25.9 Å². The molecule has 2 fully saturated rings. The van der Waals surface area contributed by atoms with E-state index in [0.717, 1.165) is 44.2 Å². The summed E-state index contributed by atoms with van der Waals surface area (Å²) in [6.45, 7) is 3.62. The van der Waals surface area contributed by atoms with Crippen molar-refractivity contribution in [3.8, 4) is 0 Å². The van der Waals surface area contributed by atoms with Crippen molar-refractivity contribution in [2.75, 3.05) is 4.90 Å². The van der Waals surface area contributed by atoms with Gasteiger partial charge in [-0.1, -0.05) is 20.3 Å². The van der Waals surface area contributed by atoms with Crippen LogP contribution in [0.1, 0.15) is 88.3 Å². The first-order valence-corrected chi connectivity index (χ1v) is 15.1. The number of rotatable bonds is 7. The number of carbonyl (C=O) groups excluding carboxylic acids is 1. The lowest BCUT2D eigenvalue weighted by molar-refractivity contribution is -0.143. The smallest absolute Gasteiger partial charge is 0.416 e. The summed E-state index contributed by atoms with van der Waals surface area (Å²) < 4.78 is 88.2. The average molecular weight is 666 g/mol. The van der Waals surface area contributed by atoms with Crippen molar-refractivity contribution in [2.45, 2.75) is 115 Å². The summed E-state index contributed by atoms with van der Waals surface area (Å²) in [6.07, 6.45) is -0.553. The normalized spacial score (nSPS) is 22.2. The number of alkyl halides is 6. The van der Waals surface area contributed by atoms with Gasteiger partial charge in [0.05, 0.1) is 15.6 Å². The van der Waals surface area contributed by atoms with Gasteiger partial charge in [0.2, 0.25) is 5.95 Å². The zero-order chi connectivity index (χ0) is 30.7. The van der Waals surface area contributed by atoms with Gasteiger partial charge in [0.25, 0.3) is 0 Å². The van der Waals surface area contributed by atoms with Gasteiger partial charge in [0, 0.05) is 37.1 Å². The van der Waals surface area contributed by atoms with Crippen molar-refractivity contribution in [1.82, 2.24) is 14.9 Å². The third-order valence-corrected chi connectivity index (χ3v) is 8.56. The minimum atomic E-state index is -4.96. The van der Waals surface area contributed by atoms with E-state index in [1.54, 1.807) is 9.80 Å². The molecule has 3 atom stereocenters. The van der Waals surface area contributed by atoms with Gasteiger partial charge in [-0.3, -0.25) is 0 Å². The fourth-order valence-electron chi connectivity index (χ4n) is 6.04. The van der Waals surface area contributed by atoms with Crippen molar-refractivity contribution in [2.24, 2.45) is 0 Å². The standard InChI is InChI=1S/C29H35BrF6N4O2/c1-3-22-13-24(14-23(4-2)40(22)27(41)42-25-8-6-5-7-9-25)39(26-37-15-21(30)16-38-26)17-18-10-19(28(31,32)33)12-20(11-18)29(34,35)36/h10-12,15-16,22-25H,3-9,13-14,17H2,1-2H3/t22-,23+,24+. The second-order valence-corrected chi connectivity index (χ2v) is 12.0. The largest absolute Gasteiger partial charge is 0.446 e. The Labute approximate surface area is 250 Å². The number of piperidine rings is 1. The zero-order valence-corrected chi connectivity index (χ0v) is 25.1. The van der Waals surface area contributed by atoms with Crippen molar-refractivity contribution < 1.29 is 35.9 Å². The third-order valence-electron chi connectivity index (χ3n) is 8.15. The van der Waals surface area contributed by atoms with Crippen LogP contribution in [-0.2, 0) is 23.6 Å². The molecule has 0 radical (unpaired) electrons. The minimum Gasteiger partial charge on any atom is -0.446 e. The molecule has 0 unspecified atom stereocenters. The molecule has 1 aromatic carbocycles. The van der Waals surface area contributed by atoms with Crippen LogP contribution >= 0.6 is 15.9 Å². The molecule has 0 bridgehead atoms. The molecule has 6 nitrogen and oxygen atoms in total. The quantitative estimate of drug-likeness (QED) is 0.277. The van der Waals surface area contributed by atoms with Crippen LogP contribution in [-0.4, -0.2) is 45.2 Å². The Morgan fingerprint density at radius 1 is 0.929 bits per heavy atom. The van der Waals surface area contributed by atoms with Gasteiger partial charge in [0.1, 0.15) is 6.10 Å². The molecule has 1 aliphatic carbocycles. The Bertz CT molecular complexity index is 1160. The first kappa shape index (κ1) is 32.3. The maximum absolute atomic E-state index is 13.6. The van der Waals surface area contributed by atoms with Crippen LogP contribution in [0.25, 0.3) is 0 Å². The van der Waals surface area contributed by atoms with Gasteiger partial charge in [-0.05, 0) is 91.1 Å². The predicted octanol–water partition coefficient (Wildman–Crippen LogP) is 8.77. The molecule has 1 saturated heterocycles. The first-order chi connectivity index (χ1) is 19.8. The van der Waals surface area contributed by atoms with Gasteiger partial charge in [-0.25, -0.2) is 14.8 Å². The van der Waals surface area contributed by atoms with Gasteiger partial charge < -0.3 is 14.5 Å². The van der Waals surface area contributed by atoms with Crippen LogP contribution in [0.2, 0.25) is 0 Å². The van der Waals surface area contributed by atoms with E-state index >= 15 is 0 Å². The van der Waals surface area contributed by atoms with E-state index in [0.29, 0.717) is 30.2 Å². The summed E-state index contributed by atoms with van der Waals surface area (Å²) in [5.41, 5.74) is -2.91. The first-order valence-electron chi connectivity index (χ1n) is 14.3. The molecular formula is C29H35BrF6N4O2. The second-order valence-electron chi connectivity index (χ2n) is 11.0. The van der Waals surface area contributed by atoms with E-state index in [-0.39, 0.29) is 54.4 Å². The molecule has 42 heavy (non-hydrogen) atoms. The highest BCUT2D eigenvalue weighted by Crippen LogP contribution is 2.38. The number of carbonyl (C=O) groups is 1. The highest BCUT2D eigenvalue weighted by Gasteiger charge is 2.42. The number of likely N-dealkylation sites (tertiary alicyclic amines) is 1. The molecule has 0 spiro atoms. The van der Waals surface area contributed by atoms with E-state index < -0.39 is 23.5 Å². The number of hydrogen-bond donors (Lipinski definition) is 0. The summed E-state index contributed by atoms with van der Waals surface area (Å²) in [5, 5.41) is 0. The van der Waals surface area contributed by atoms with Crippen LogP contribution in [0.15, 0.2) is 35.1 Å². The second kappa shape index (κ2) is 13.4. The van der Waals surface area contributed by atoms with E-state index in [4.69, 9.17) is 4.74 Å². The van der Waals surface area contributed by atoms with E-state index in [1.165, 1.54) is 12.4 Å². The predicted molar refractivity (Wildman–Crippen MR) is 149 cm³/mol. The molecule has 4 rings (SSSR count). The van der Waals surface area contributed by atoms with Gasteiger partial charge in [-0.15, -0.1) is 0 Å². The van der Waals surface area contributed by atoms with E-state index in [9.17, 15) is 31.1 Å². The third kappa shape index (κ3) is 7.87. The Morgan fingerprint density at radius 3 is 1.93 bits per heavy atom. The fourth-order valence-corrected chi connectivity index (χ4v) is 6.24. The van der Waals surface area contributed by atoms with Crippen LogP contribution in [0.3, 0.4) is 0 Å². The summed E-state index contributed by atoms with van der Waals surface area (Å²) in [4.78, 5) is 25.5. The molecule has 1 saturated carbocycles. The average Bonchev–Trinajstić information content (AvgIpc) is 2.95. The van der Waals surface area contributed by atoms with Crippen molar-refractivity contribution in [3.05, 3.63) is 51.8 Å². The molecule has 2 heterocycles. The highest BCUT2D eigenvalue weighted by molar-refractivity contribution is 9.10. The van der Waals surface area contributed by atoms with Crippen molar-refractivity contribution in [1.29, 1.82) is 0 Å². The summed E-state index contributed by atoms with van der Waals surface area (Å²) in [5.74, 6) is 0.178. The lowest BCUT2D eigenvalue weighted by Crippen LogP contribution is -2.57. The monoisotopic (exact) mass is 664 g/mol. The number of amides is 1. The van der Waals surface area contributed by atoms with Gasteiger partial charge >= 0.3 is 18.4 Å². The Morgan fingerprint density at radius 2 is 1.45 bits per heavy atom. The Balaban J connectivity index is 1.67. The number of halogens is 7. The van der Waals surface area contributed by atoms with Gasteiger partial charge in [0.15, 0.2) is 0 Å². The number of benzene rings is 1. The van der Waals surface area contributed by atoms with Crippen LogP contribution < -0.4 is 4.90 Å². The number of anilines is 1. The molecule has 232 valence electrons. The summed E-state index contributed by atoms with van der Waals surface area (Å²) in [6, 6.07) is 0.771. The lowest BCUT2D eigenvalue weighted by Gasteiger charge is -2.47. The number of nitrogens with zero attached hydrogens (tertiary/aromatic N) is 4. The Kier molecular flexibility index (Phi) is 10.3. The molecule has 2 aromatic rings. The van der Waals surface area contributed by atoms with Crippen LogP contribution in [0.4, 0.5) is 37.1 Å². The van der Waals surface area contributed by atoms with Crippen molar-refractivity contribution >= 4 is 28.0 Å². The molecule has 0 N–H and O–H groups in total. The molecule has 2 aliphatic rings. The lowest BCUT2D eigenvalue weighted by atomic mass is 9.87. The van der Waals surface area contributed by atoms with Crippen LogP contribution in [0.5, 0.6) is 0 Å². The molecule has 1 amide bonds. The topological polar surface area (TPSA) is 58.6 Å². The maximum Gasteiger partial charge on any atom is 0.416 e. The summed E-state index contributed by atoms with van der Waals surface area (Å²) in [7, 11) is 0. The Hall–Kier alpha value is -2.57. The SMILES string of the molecule is CC[C@@H]1C[C@H](N(Cc2cc(C(F)(F)F)cc(C(F)(F)F)c2)c2ncc(Br)cn2)C[C@H](CC)N1C(=O)OC1CCCCC1. The molecule has 13 heteroatoms. The number of hydrogen-bond acceptors (Lipinski definition) is 5. The molecular weight excluding hydrogens is 630 g/mol. The van der Waals surface area contributed by atoms with Gasteiger partial charge in [-0.2, -0.15) is 26.3 Å². The van der Waals surface area contributed by atoms with Crippen LogP contribution in [0, 0.1) is 0 Å². The molecule has 1 aromatic heterocycles. The maximum atomic E-state index is 13.6. The number of aromatic nitrogens is 2. The minimum absolute atomic E-state index is 0.115. The number of ether oxygens (including phenoxy) is 1.